The standard InChI is InChI=1S/C25H27FN4O5/c1-15(17-10-11-18(19(26)12-17)16-8-6-5-7-9-16)20-13-21(35-30-20)28-23(27-14-22(31)32)29-24(33)34-25(2,3)4/h5-13,15H,14H2,1-4H3,(H,31,32)(H2,27,28,29,33). The molecule has 0 aliphatic heterocycles. The Morgan fingerprint density at radius 2 is 1.89 bits per heavy atom. The first-order valence-corrected chi connectivity index (χ1v) is 10.9. The van der Waals surface area contributed by atoms with Gasteiger partial charge in [-0.15, -0.1) is 0 Å². The molecule has 0 bridgehead atoms. The first-order valence-electron chi connectivity index (χ1n) is 10.9. The fourth-order valence-corrected chi connectivity index (χ4v) is 3.14. The van der Waals surface area contributed by atoms with Crippen LogP contribution in [-0.2, 0) is 9.53 Å². The van der Waals surface area contributed by atoms with Crippen LogP contribution in [0.2, 0.25) is 0 Å². The monoisotopic (exact) mass is 482 g/mol. The minimum Gasteiger partial charge on any atom is -0.480 e. The number of benzene rings is 2. The molecule has 0 saturated carbocycles. The van der Waals surface area contributed by atoms with Gasteiger partial charge < -0.3 is 19.7 Å². The predicted octanol–water partition coefficient (Wildman–Crippen LogP) is 4.82. The van der Waals surface area contributed by atoms with Gasteiger partial charge in [0.1, 0.15) is 18.0 Å². The number of nitrogens with zero attached hydrogens (tertiary/aromatic N) is 2. The van der Waals surface area contributed by atoms with Gasteiger partial charge in [-0.3, -0.25) is 10.1 Å². The lowest BCUT2D eigenvalue weighted by Gasteiger charge is -2.20. The fraction of sp³-hybridized carbons (Fsp3) is 0.280. The maximum Gasteiger partial charge on any atom is 0.414 e. The lowest BCUT2D eigenvalue weighted by atomic mass is 9.95. The minimum atomic E-state index is -1.16. The molecule has 184 valence electrons. The van der Waals surface area contributed by atoms with E-state index in [1.54, 1.807) is 26.8 Å². The number of amides is 1. The smallest absolute Gasteiger partial charge is 0.414 e. The Labute approximate surface area is 202 Å². The SMILES string of the molecule is CC(c1ccc(-c2ccccc2)c(F)c1)c1cc(/N=C(\NCC(=O)O)NC(=O)OC(C)(C)C)on1. The number of aromatic nitrogens is 1. The molecule has 3 N–H and O–H groups in total. The second-order valence-corrected chi connectivity index (χ2v) is 8.75. The zero-order chi connectivity index (χ0) is 25.6. The van der Waals surface area contributed by atoms with E-state index < -0.39 is 24.2 Å². The van der Waals surface area contributed by atoms with E-state index >= 15 is 0 Å². The third-order valence-corrected chi connectivity index (χ3v) is 4.79. The summed E-state index contributed by atoms with van der Waals surface area (Å²) in [4.78, 5) is 27.1. The number of aliphatic imine (C=N–C) groups is 1. The molecule has 9 nitrogen and oxygen atoms in total. The van der Waals surface area contributed by atoms with Gasteiger partial charge in [0.05, 0.1) is 5.69 Å². The maximum absolute atomic E-state index is 14.8. The highest BCUT2D eigenvalue weighted by Crippen LogP contribution is 2.30. The van der Waals surface area contributed by atoms with E-state index in [2.05, 4.69) is 20.8 Å². The third kappa shape index (κ3) is 7.39. The average molecular weight is 483 g/mol. The largest absolute Gasteiger partial charge is 0.480 e. The number of carboxylic acid groups (broad SMARTS) is 1. The Balaban J connectivity index is 1.79. The number of carbonyl (C=O) groups excluding carboxylic acids is 1. The van der Waals surface area contributed by atoms with Gasteiger partial charge in [0.25, 0.3) is 5.88 Å². The molecular weight excluding hydrogens is 455 g/mol. The van der Waals surface area contributed by atoms with Crippen molar-refractivity contribution in [2.45, 2.75) is 39.2 Å². The molecule has 1 heterocycles. The number of alkyl carbamates (subject to hydrolysis) is 1. The van der Waals surface area contributed by atoms with Crippen LogP contribution >= 0.6 is 0 Å². The summed E-state index contributed by atoms with van der Waals surface area (Å²) in [5.74, 6) is -2.01. The highest BCUT2D eigenvalue weighted by atomic mass is 19.1. The number of halogens is 1. The molecule has 10 heteroatoms. The molecule has 3 aromatic rings. The summed E-state index contributed by atoms with van der Waals surface area (Å²) in [5, 5.41) is 17.8. The zero-order valence-corrected chi connectivity index (χ0v) is 19.8. The number of carbonyl (C=O) groups is 2. The van der Waals surface area contributed by atoms with Crippen LogP contribution in [0.3, 0.4) is 0 Å². The molecule has 3 rings (SSSR count). The third-order valence-electron chi connectivity index (χ3n) is 4.79. The number of rotatable bonds is 6. The van der Waals surface area contributed by atoms with Gasteiger partial charge in [-0.25, -0.2) is 9.18 Å². The lowest BCUT2D eigenvalue weighted by molar-refractivity contribution is -0.135. The van der Waals surface area contributed by atoms with E-state index in [4.69, 9.17) is 14.4 Å². The van der Waals surface area contributed by atoms with Crippen molar-refractivity contribution in [1.29, 1.82) is 0 Å². The Bertz CT molecular complexity index is 1220. The van der Waals surface area contributed by atoms with Crippen molar-refractivity contribution >= 4 is 23.9 Å². The molecule has 0 spiro atoms. The average Bonchev–Trinajstić information content (AvgIpc) is 3.24. The molecule has 0 fully saturated rings. The number of hydrogen-bond acceptors (Lipinski definition) is 6. The van der Waals surface area contributed by atoms with E-state index in [1.165, 1.54) is 12.1 Å². The normalized spacial score (nSPS) is 12.7. The summed E-state index contributed by atoms with van der Waals surface area (Å²) in [7, 11) is 0. The van der Waals surface area contributed by atoms with Crippen LogP contribution in [0.15, 0.2) is 64.1 Å². The zero-order valence-electron chi connectivity index (χ0n) is 19.8. The van der Waals surface area contributed by atoms with Gasteiger partial charge in [0.15, 0.2) is 0 Å². The Kier molecular flexibility index (Phi) is 7.85. The van der Waals surface area contributed by atoms with Crippen LogP contribution in [0.4, 0.5) is 15.1 Å². The first-order chi connectivity index (χ1) is 16.5. The number of hydrogen-bond donors (Lipinski definition) is 3. The van der Waals surface area contributed by atoms with E-state index in [9.17, 15) is 14.0 Å². The van der Waals surface area contributed by atoms with Crippen molar-refractivity contribution in [2.75, 3.05) is 6.54 Å². The van der Waals surface area contributed by atoms with E-state index in [0.717, 1.165) is 5.56 Å². The Morgan fingerprint density at radius 1 is 1.17 bits per heavy atom. The highest BCUT2D eigenvalue weighted by molar-refractivity contribution is 5.96. The second-order valence-electron chi connectivity index (χ2n) is 8.75. The van der Waals surface area contributed by atoms with Gasteiger partial charge in [-0.1, -0.05) is 54.5 Å². The van der Waals surface area contributed by atoms with Crippen molar-refractivity contribution in [3.63, 3.8) is 0 Å². The van der Waals surface area contributed by atoms with Gasteiger partial charge >= 0.3 is 12.1 Å². The molecule has 0 radical (unpaired) electrons. The van der Waals surface area contributed by atoms with Crippen molar-refractivity contribution < 1.29 is 28.3 Å². The van der Waals surface area contributed by atoms with Crippen LogP contribution in [0.25, 0.3) is 11.1 Å². The molecule has 35 heavy (non-hydrogen) atoms. The quantitative estimate of drug-likeness (QED) is 0.340. The fourth-order valence-electron chi connectivity index (χ4n) is 3.14. The Hall–Kier alpha value is -4.21. The van der Waals surface area contributed by atoms with E-state index in [0.29, 0.717) is 16.8 Å². The van der Waals surface area contributed by atoms with Gasteiger partial charge in [-0.05, 0) is 38.0 Å². The number of ether oxygens (including phenoxy) is 1. The number of carboxylic acids is 1. The predicted molar refractivity (Wildman–Crippen MR) is 128 cm³/mol. The first kappa shape index (κ1) is 25.4. The summed E-state index contributed by atoms with van der Waals surface area (Å²) in [5.41, 5.74) is 1.67. The van der Waals surface area contributed by atoms with Crippen LogP contribution in [0.5, 0.6) is 0 Å². The molecule has 1 unspecified atom stereocenters. The van der Waals surface area contributed by atoms with Crippen molar-refractivity contribution in [3.05, 3.63) is 71.7 Å². The van der Waals surface area contributed by atoms with Crippen molar-refractivity contribution in [1.82, 2.24) is 15.8 Å². The van der Waals surface area contributed by atoms with Crippen LogP contribution in [0, 0.1) is 5.82 Å². The van der Waals surface area contributed by atoms with Gasteiger partial charge in [-0.2, -0.15) is 4.99 Å². The number of guanidine groups is 1. The molecule has 2 aromatic carbocycles. The number of aliphatic carboxylic acids is 1. The second kappa shape index (κ2) is 10.8. The molecule has 1 aromatic heterocycles. The van der Waals surface area contributed by atoms with E-state index in [1.807, 2.05) is 43.3 Å². The highest BCUT2D eigenvalue weighted by Gasteiger charge is 2.20. The van der Waals surface area contributed by atoms with Gasteiger partial charge in [0.2, 0.25) is 5.96 Å². The molecule has 0 aliphatic rings. The summed E-state index contributed by atoms with van der Waals surface area (Å²) in [6, 6.07) is 15.7. The lowest BCUT2D eigenvalue weighted by Crippen LogP contribution is -2.44. The summed E-state index contributed by atoms with van der Waals surface area (Å²) in [6.45, 7) is 6.40. The summed E-state index contributed by atoms with van der Waals surface area (Å²) in [6.07, 6.45) is -0.823. The molecule has 0 saturated heterocycles. The van der Waals surface area contributed by atoms with Crippen LogP contribution < -0.4 is 10.6 Å². The van der Waals surface area contributed by atoms with Crippen LogP contribution in [0.1, 0.15) is 44.9 Å². The molecule has 1 atom stereocenters. The van der Waals surface area contributed by atoms with E-state index in [-0.39, 0.29) is 23.6 Å². The minimum absolute atomic E-state index is 0.0113. The molecule has 1 amide bonds. The van der Waals surface area contributed by atoms with Crippen LogP contribution in [-0.4, -0.2) is 40.4 Å². The van der Waals surface area contributed by atoms with Gasteiger partial charge in [0, 0.05) is 17.5 Å². The maximum atomic E-state index is 14.8. The Morgan fingerprint density at radius 3 is 2.51 bits per heavy atom. The molecular formula is C25H27FN4O5. The van der Waals surface area contributed by atoms with Crippen molar-refractivity contribution in [2.24, 2.45) is 4.99 Å². The summed E-state index contributed by atoms with van der Waals surface area (Å²) < 4.78 is 25.2. The summed E-state index contributed by atoms with van der Waals surface area (Å²) >= 11 is 0. The number of nitrogens with one attached hydrogen (secondary N) is 2. The molecule has 0 aliphatic carbocycles. The van der Waals surface area contributed by atoms with Crippen molar-refractivity contribution in [3.8, 4) is 11.1 Å². The topological polar surface area (TPSA) is 126 Å².